The Balaban J connectivity index is 1.25. The molecule has 0 aromatic heterocycles. The molecule has 2 fully saturated rings. The van der Waals surface area contributed by atoms with Gasteiger partial charge >= 0.3 is 0 Å². The van der Waals surface area contributed by atoms with Gasteiger partial charge in [-0.05, 0) is 77.5 Å². The molecule has 2 aliphatic heterocycles. The van der Waals surface area contributed by atoms with Crippen LogP contribution in [0.2, 0.25) is 5.02 Å². The second kappa shape index (κ2) is 10.8. The monoisotopic (exact) mass is 535 g/mol. The molecule has 5 rings (SSSR count). The van der Waals surface area contributed by atoms with Crippen LogP contribution in [0.5, 0.6) is 0 Å². The Labute approximate surface area is 223 Å². The number of hydrogen-bond acceptors (Lipinski definition) is 5. The first-order valence-corrected chi connectivity index (χ1v) is 13.0. The first-order chi connectivity index (χ1) is 17.9. The maximum Gasteiger partial charge on any atom is 0.293 e. The van der Waals surface area contributed by atoms with Crippen molar-refractivity contribution in [2.75, 3.05) is 31.1 Å². The zero-order chi connectivity index (χ0) is 25.9. The fourth-order valence-corrected chi connectivity index (χ4v) is 5.42. The summed E-state index contributed by atoms with van der Waals surface area (Å²) in [6, 6.07) is 20.5. The zero-order valence-corrected chi connectivity index (χ0v) is 21.3. The number of benzene rings is 3. The van der Waals surface area contributed by atoms with Crippen LogP contribution in [0.15, 0.2) is 77.7 Å². The van der Waals surface area contributed by atoms with Crippen molar-refractivity contribution in [3.63, 3.8) is 0 Å². The summed E-state index contributed by atoms with van der Waals surface area (Å²) in [7, 11) is 0. The number of rotatable bonds is 5. The van der Waals surface area contributed by atoms with Crippen LogP contribution in [0, 0.1) is 5.82 Å². The molecule has 0 atom stereocenters. The van der Waals surface area contributed by atoms with Crippen molar-refractivity contribution in [2.24, 2.45) is 0 Å². The molecule has 0 aliphatic carbocycles. The molecule has 2 heterocycles. The van der Waals surface area contributed by atoms with E-state index in [0.29, 0.717) is 47.2 Å². The number of imide groups is 1. The second-order valence-corrected chi connectivity index (χ2v) is 10.2. The predicted molar refractivity (Wildman–Crippen MR) is 144 cm³/mol. The van der Waals surface area contributed by atoms with Crippen molar-refractivity contribution in [1.82, 2.24) is 9.80 Å². The highest BCUT2D eigenvalue weighted by Crippen LogP contribution is 2.33. The number of carbonyl (C=O) groups is 3. The van der Waals surface area contributed by atoms with E-state index in [2.05, 4.69) is 4.90 Å². The van der Waals surface area contributed by atoms with Crippen molar-refractivity contribution in [1.29, 1.82) is 0 Å². The van der Waals surface area contributed by atoms with Crippen LogP contribution in [0.4, 0.5) is 14.9 Å². The molecule has 0 saturated carbocycles. The number of nitrogens with zero attached hydrogens (tertiary/aromatic N) is 3. The molecule has 2 saturated heterocycles. The van der Waals surface area contributed by atoms with Crippen LogP contribution in [0.25, 0.3) is 6.08 Å². The number of halogens is 2. The molecular formula is C28H23ClFN3O3S. The van der Waals surface area contributed by atoms with Gasteiger partial charge in [0.1, 0.15) is 5.82 Å². The maximum absolute atomic E-state index is 13.2. The smallest absolute Gasteiger partial charge is 0.293 e. The summed E-state index contributed by atoms with van der Waals surface area (Å²) in [4.78, 5) is 44.0. The van der Waals surface area contributed by atoms with E-state index < -0.39 is 0 Å². The second-order valence-electron chi connectivity index (χ2n) is 8.78. The molecule has 6 nitrogen and oxygen atoms in total. The van der Waals surface area contributed by atoms with Crippen LogP contribution in [0.1, 0.15) is 21.5 Å². The quantitative estimate of drug-likeness (QED) is 0.393. The van der Waals surface area contributed by atoms with Gasteiger partial charge in [-0.2, -0.15) is 0 Å². The molecule has 3 aromatic rings. The molecule has 0 spiro atoms. The van der Waals surface area contributed by atoms with Gasteiger partial charge in [0, 0.05) is 42.5 Å². The van der Waals surface area contributed by atoms with Gasteiger partial charge in [0.15, 0.2) is 0 Å². The molecular weight excluding hydrogens is 513 g/mol. The Kier molecular flexibility index (Phi) is 7.30. The number of piperazine rings is 1. The molecule has 3 aromatic carbocycles. The Hall–Kier alpha value is -3.62. The van der Waals surface area contributed by atoms with Crippen molar-refractivity contribution in [2.45, 2.75) is 6.54 Å². The predicted octanol–water partition coefficient (Wildman–Crippen LogP) is 5.68. The third-order valence-electron chi connectivity index (χ3n) is 6.29. The summed E-state index contributed by atoms with van der Waals surface area (Å²) in [5.41, 5.74) is 2.88. The van der Waals surface area contributed by atoms with Gasteiger partial charge in [0.25, 0.3) is 17.1 Å². The highest BCUT2D eigenvalue weighted by Gasteiger charge is 2.35. The SMILES string of the molecule is O=C(c1cccc(C=C2SC(=O)N(Cc3cccc(Cl)c3)C2=O)c1)N1CCN(c2ccc(F)cc2)CC1. The number of carbonyl (C=O) groups excluding carboxylic acids is 3. The van der Waals surface area contributed by atoms with Crippen LogP contribution in [-0.2, 0) is 11.3 Å². The van der Waals surface area contributed by atoms with Crippen molar-refractivity contribution in [3.05, 3.63) is 105 Å². The third-order valence-corrected chi connectivity index (χ3v) is 7.44. The van der Waals surface area contributed by atoms with E-state index in [1.807, 2.05) is 6.07 Å². The summed E-state index contributed by atoms with van der Waals surface area (Å²) in [6.45, 7) is 2.53. The average Bonchev–Trinajstić information content (AvgIpc) is 3.16. The minimum absolute atomic E-state index is 0.0944. The molecule has 3 amide bonds. The standard InChI is InChI=1S/C28H23ClFN3O3S/c29-22-6-2-4-20(16-22)18-33-27(35)25(37-28(33)36)17-19-3-1-5-21(15-19)26(34)32-13-11-31(12-14-32)24-9-7-23(30)8-10-24/h1-10,15-17H,11-14,18H2. The summed E-state index contributed by atoms with van der Waals surface area (Å²) < 4.78 is 13.2. The topological polar surface area (TPSA) is 60.9 Å². The average molecular weight is 536 g/mol. The molecule has 37 heavy (non-hydrogen) atoms. The van der Waals surface area contributed by atoms with Crippen LogP contribution in [0.3, 0.4) is 0 Å². The van der Waals surface area contributed by atoms with Crippen molar-refractivity contribution < 1.29 is 18.8 Å². The Bertz CT molecular complexity index is 1390. The summed E-state index contributed by atoms with van der Waals surface area (Å²) >= 11 is 6.91. The van der Waals surface area contributed by atoms with Gasteiger partial charge < -0.3 is 9.80 Å². The summed E-state index contributed by atoms with van der Waals surface area (Å²) in [5.74, 6) is -0.741. The van der Waals surface area contributed by atoms with Crippen LogP contribution >= 0.6 is 23.4 Å². The fraction of sp³-hybridized carbons (Fsp3) is 0.179. The van der Waals surface area contributed by atoms with Gasteiger partial charge in [-0.1, -0.05) is 35.9 Å². The van der Waals surface area contributed by atoms with E-state index in [4.69, 9.17) is 11.6 Å². The molecule has 0 bridgehead atoms. The lowest BCUT2D eigenvalue weighted by Crippen LogP contribution is -2.48. The number of anilines is 1. The Morgan fingerprint density at radius 2 is 1.68 bits per heavy atom. The summed E-state index contributed by atoms with van der Waals surface area (Å²) in [5, 5.41) is 0.195. The van der Waals surface area contributed by atoms with Gasteiger partial charge in [-0.25, -0.2) is 4.39 Å². The Morgan fingerprint density at radius 1 is 0.946 bits per heavy atom. The molecule has 9 heteroatoms. The van der Waals surface area contributed by atoms with E-state index in [1.54, 1.807) is 65.6 Å². The molecule has 0 N–H and O–H groups in total. The maximum atomic E-state index is 13.2. The van der Waals surface area contributed by atoms with Gasteiger partial charge in [0.2, 0.25) is 0 Å². The lowest BCUT2D eigenvalue weighted by atomic mass is 10.1. The lowest BCUT2D eigenvalue weighted by Gasteiger charge is -2.36. The van der Waals surface area contributed by atoms with Crippen LogP contribution in [-0.4, -0.2) is 53.0 Å². The van der Waals surface area contributed by atoms with E-state index in [-0.39, 0.29) is 29.4 Å². The normalized spacial score (nSPS) is 17.1. The fourth-order valence-electron chi connectivity index (χ4n) is 4.37. The summed E-state index contributed by atoms with van der Waals surface area (Å²) in [6.07, 6.45) is 1.64. The van der Waals surface area contributed by atoms with Crippen LogP contribution < -0.4 is 4.90 Å². The van der Waals surface area contributed by atoms with Crippen molar-refractivity contribution >= 4 is 52.2 Å². The minimum Gasteiger partial charge on any atom is -0.368 e. The first kappa shape index (κ1) is 25.0. The highest BCUT2D eigenvalue weighted by molar-refractivity contribution is 8.18. The van der Waals surface area contributed by atoms with E-state index in [0.717, 1.165) is 23.0 Å². The highest BCUT2D eigenvalue weighted by atomic mass is 35.5. The molecule has 0 radical (unpaired) electrons. The van der Waals surface area contributed by atoms with Gasteiger partial charge in [-0.15, -0.1) is 0 Å². The number of thioether (sulfide) groups is 1. The van der Waals surface area contributed by atoms with Crippen molar-refractivity contribution in [3.8, 4) is 0 Å². The van der Waals surface area contributed by atoms with Gasteiger partial charge in [-0.3, -0.25) is 19.3 Å². The van der Waals surface area contributed by atoms with Gasteiger partial charge in [0.05, 0.1) is 11.4 Å². The molecule has 188 valence electrons. The molecule has 0 unspecified atom stereocenters. The minimum atomic E-state index is -0.372. The van der Waals surface area contributed by atoms with E-state index >= 15 is 0 Å². The third kappa shape index (κ3) is 5.70. The van der Waals surface area contributed by atoms with E-state index in [9.17, 15) is 18.8 Å². The Morgan fingerprint density at radius 3 is 2.41 bits per heavy atom. The number of amides is 3. The zero-order valence-electron chi connectivity index (χ0n) is 19.8. The largest absolute Gasteiger partial charge is 0.368 e. The first-order valence-electron chi connectivity index (χ1n) is 11.8. The number of hydrogen-bond donors (Lipinski definition) is 0. The lowest BCUT2D eigenvalue weighted by molar-refractivity contribution is -0.123. The van der Waals surface area contributed by atoms with E-state index in [1.165, 1.54) is 17.0 Å². The molecule has 2 aliphatic rings.